The molecule has 0 aromatic heterocycles. The molecule has 1 nitrogen and oxygen atoms in total. The molecule has 0 aromatic carbocycles. The predicted molar refractivity (Wildman–Crippen MR) is 32.0 cm³/mol. The van der Waals surface area contributed by atoms with E-state index in [2.05, 4.69) is 18.2 Å². The molecule has 0 fully saturated rings. The van der Waals surface area contributed by atoms with Gasteiger partial charge in [0.05, 0.1) is 6.54 Å². The Morgan fingerprint density at radius 3 is 2.86 bits per heavy atom. The first-order valence-corrected chi connectivity index (χ1v) is 2.56. The van der Waals surface area contributed by atoms with E-state index in [4.69, 9.17) is 6.42 Å². The van der Waals surface area contributed by atoms with Crippen molar-refractivity contribution in [3.8, 4) is 12.3 Å². The lowest BCUT2D eigenvalue weighted by atomic mass is 10.5. The Kier molecular flexibility index (Phi) is 5.14. The summed E-state index contributed by atoms with van der Waals surface area (Å²) in [7, 11) is 0. The van der Waals surface area contributed by atoms with Crippen LogP contribution in [-0.4, -0.2) is 13.1 Å². The van der Waals surface area contributed by atoms with Crippen LogP contribution in [0.2, 0.25) is 0 Å². The van der Waals surface area contributed by atoms with Gasteiger partial charge in [-0.2, -0.15) is 0 Å². The highest BCUT2D eigenvalue weighted by atomic mass is 14.8. The number of hydrogen-bond donors (Lipinski definition) is 1. The lowest BCUT2D eigenvalue weighted by molar-refractivity contribution is 0.737. The summed E-state index contributed by atoms with van der Waals surface area (Å²) in [6, 6.07) is 0. The van der Waals surface area contributed by atoms with Crippen LogP contribution in [0.5, 0.6) is 0 Å². The van der Waals surface area contributed by atoms with Gasteiger partial charge in [-0.25, -0.2) is 0 Å². The van der Waals surface area contributed by atoms with Gasteiger partial charge < -0.3 is 5.32 Å². The fraction of sp³-hybridized carbons (Fsp3) is 0.667. The van der Waals surface area contributed by atoms with E-state index in [0.717, 1.165) is 13.0 Å². The minimum absolute atomic E-state index is 0.702. The van der Waals surface area contributed by atoms with Gasteiger partial charge in [0.25, 0.3) is 0 Å². The first-order valence-electron chi connectivity index (χ1n) is 2.56. The number of hydrogen-bond acceptors (Lipinski definition) is 1. The van der Waals surface area contributed by atoms with E-state index in [-0.39, 0.29) is 0 Å². The quantitative estimate of drug-likeness (QED) is 0.402. The van der Waals surface area contributed by atoms with Gasteiger partial charge in [-0.1, -0.05) is 12.8 Å². The zero-order valence-corrected chi connectivity index (χ0v) is 4.70. The van der Waals surface area contributed by atoms with Crippen LogP contribution in [0, 0.1) is 12.3 Å². The number of nitrogens with one attached hydrogen (secondary N) is 1. The topological polar surface area (TPSA) is 12.0 Å². The van der Waals surface area contributed by atoms with Crippen LogP contribution in [0.25, 0.3) is 0 Å². The van der Waals surface area contributed by atoms with E-state index in [9.17, 15) is 0 Å². The third-order valence-corrected chi connectivity index (χ3v) is 0.654. The number of terminal acetylenes is 1. The van der Waals surface area contributed by atoms with Crippen molar-refractivity contribution in [3.63, 3.8) is 0 Å². The molecular formula is C6H11N. The predicted octanol–water partition coefficient (Wildman–Crippen LogP) is 0.619. The molecule has 0 aliphatic rings. The van der Waals surface area contributed by atoms with Crippen molar-refractivity contribution < 1.29 is 0 Å². The average Bonchev–Trinajstić information content (AvgIpc) is 1.69. The molecule has 0 saturated carbocycles. The van der Waals surface area contributed by atoms with Crippen molar-refractivity contribution in [2.24, 2.45) is 0 Å². The van der Waals surface area contributed by atoms with Gasteiger partial charge in [-0.3, -0.25) is 0 Å². The summed E-state index contributed by atoms with van der Waals surface area (Å²) < 4.78 is 0. The molecule has 0 atom stereocenters. The summed E-state index contributed by atoms with van der Waals surface area (Å²) in [5, 5.41) is 3.05. The Bertz CT molecular complexity index is 61.1. The van der Waals surface area contributed by atoms with E-state index < -0.39 is 0 Å². The lowest BCUT2D eigenvalue weighted by Gasteiger charge is -1.91. The van der Waals surface area contributed by atoms with Crippen molar-refractivity contribution in [2.45, 2.75) is 13.3 Å². The van der Waals surface area contributed by atoms with Crippen molar-refractivity contribution in [3.05, 3.63) is 0 Å². The highest BCUT2D eigenvalue weighted by Gasteiger charge is 1.73. The molecule has 7 heavy (non-hydrogen) atoms. The highest BCUT2D eigenvalue weighted by molar-refractivity contribution is 4.86. The average molecular weight is 97.2 g/mol. The molecule has 40 valence electrons. The van der Waals surface area contributed by atoms with Crippen LogP contribution < -0.4 is 5.32 Å². The first kappa shape index (κ1) is 6.52. The van der Waals surface area contributed by atoms with Gasteiger partial charge in [0.15, 0.2) is 0 Å². The fourth-order valence-electron chi connectivity index (χ4n) is 0.337. The molecule has 0 aliphatic carbocycles. The van der Waals surface area contributed by atoms with Gasteiger partial charge in [0, 0.05) is 0 Å². The minimum atomic E-state index is 0.702. The largest absolute Gasteiger partial charge is 0.306 e. The second-order valence-electron chi connectivity index (χ2n) is 1.38. The van der Waals surface area contributed by atoms with E-state index in [1.807, 2.05) is 0 Å². The molecule has 0 spiro atoms. The third-order valence-electron chi connectivity index (χ3n) is 0.654. The molecule has 0 aromatic rings. The minimum Gasteiger partial charge on any atom is -0.306 e. The SMILES string of the molecule is C#CCNCCC. The Balaban J connectivity index is 2.60. The normalized spacial score (nSPS) is 8.00. The summed E-state index contributed by atoms with van der Waals surface area (Å²) >= 11 is 0. The van der Waals surface area contributed by atoms with Crippen LogP contribution in [0.4, 0.5) is 0 Å². The van der Waals surface area contributed by atoms with Gasteiger partial charge in [0.2, 0.25) is 0 Å². The monoisotopic (exact) mass is 97.1 g/mol. The standard InChI is InChI=1S/C6H11N/c1-3-5-7-6-4-2/h1,7H,4-6H2,2H3. The Labute approximate surface area is 45.1 Å². The van der Waals surface area contributed by atoms with Crippen LogP contribution in [0.1, 0.15) is 13.3 Å². The molecule has 0 saturated heterocycles. The molecule has 1 heteroatoms. The van der Waals surface area contributed by atoms with Gasteiger partial charge in [-0.15, -0.1) is 6.42 Å². The molecule has 0 radical (unpaired) electrons. The van der Waals surface area contributed by atoms with E-state index >= 15 is 0 Å². The van der Waals surface area contributed by atoms with E-state index in [1.165, 1.54) is 0 Å². The fourth-order valence-corrected chi connectivity index (χ4v) is 0.337. The molecule has 0 aliphatic heterocycles. The lowest BCUT2D eigenvalue weighted by Crippen LogP contribution is -2.13. The maximum absolute atomic E-state index is 4.96. The highest BCUT2D eigenvalue weighted by Crippen LogP contribution is 1.65. The van der Waals surface area contributed by atoms with Crippen molar-refractivity contribution in [2.75, 3.05) is 13.1 Å². The molecule has 0 heterocycles. The summed E-state index contributed by atoms with van der Waals surface area (Å²) in [6.07, 6.45) is 6.11. The van der Waals surface area contributed by atoms with Crippen molar-refractivity contribution in [1.29, 1.82) is 0 Å². The van der Waals surface area contributed by atoms with Crippen molar-refractivity contribution in [1.82, 2.24) is 5.32 Å². The van der Waals surface area contributed by atoms with E-state index in [1.54, 1.807) is 0 Å². The summed E-state index contributed by atoms with van der Waals surface area (Å²) in [5.41, 5.74) is 0. The van der Waals surface area contributed by atoms with Gasteiger partial charge in [-0.05, 0) is 13.0 Å². The second-order valence-corrected chi connectivity index (χ2v) is 1.38. The smallest absolute Gasteiger partial charge is 0.0573 e. The maximum Gasteiger partial charge on any atom is 0.0573 e. The summed E-state index contributed by atoms with van der Waals surface area (Å²) in [5.74, 6) is 2.49. The molecule has 0 amide bonds. The van der Waals surface area contributed by atoms with Crippen LogP contribution >= 0.6 is 0 Å². The second kappa shape index (κ2) is 5.52. The molecule has 0 rings (SSSR count). The van der Waals surface area contributed by atoms with Crippen LogP contribution in [0.15, 0.2) is 0 Å². The zero-order chi connectivity index (χ0) is 5.54. The maximum atomic E-state index is 4.96. The van der Waals surface area contributed by atoms with Gasteiger partial charge in [0.1, 0.15) is 0 Å². The molecule has 0 bridgehead atoms. The van der Waals surface area contributed by atoms with Crippen LogP contribution in [0.3, 0.4) is 0 Å². The summed E-state index contributed by atoms with van der Waals surface area (Å²) in [4.78, 5) is 0. The Morgan fingerprint density at radius 1 is 1.71 bits per heavy atom. The first-order chi connectivity index (χ1) is 3.41. The molecule has 1 N–H and O–H groups in total. The number of rotatable bonds is 3. The Hall–Kier alpha value is -0.480. The van der Waals surface area contributed by atoms with Gasteiger partial charge >= 0.3 is 0 Å². The zero-order valence-electron chi connectivity index (χ0n) is 4.70. The van der Waals surface area contributed by atoms with E-state index in [0.29, 0.717) is 6.54 Å². The molecular weight excluding hydrogens is 86.1 g/mol. The van der Waals surface area contributed by atoms with Crippen molar-refractivity contribution >= 4 is 0 Å². The molecule has 0 unspecified atom stereocenters. The summed E-state index contributed by atoms with van der Waals surface area (Å²) in [6.45, 7) is 3.85. The third kappa shape index (κ3) is 5.52. The van der Waals surface area contributed by atoms with Crippen LogP contribution in [-0.2, 0) is 0 Å². The Morgan fingerprint density at radius 2 is 2.43 bits per heavy atom.